The third-order valence-electron chi connectivity index (χ3n) is 7.29. The van der Waals surface area contributed by atoms with Gasteiger partial charge in [-0.2, -0.15) is 0 Å². The number of carbonyl (C=O) groups excluding carboxylic acids is 4. The first kappa shape index (κ1) is 43.4. The number of halogens is 8. The van der Waals surface area contributed by atoms with Crippen LogP contribution < -0.4 is 31.2 Å². The fourth-order valence-electron chi connectivity index (χ4n) is 4.86. The van der Waals surface area contributed by atoms with Gasteiger partial charge in [-0.1, -0.05) is 23.2 Å². The lowest BCUT2D eigenvalue weighted by Crippen LogP contribution is -2.29. The zero-order valence-electron chi connectivity index (χ0n) is 27.7. The molecule has 4 aromatic rings. The van der Waals surface area contributed by atoms with E-state index in [0.717, 1.165) is 18.2 Å². The summed E-state index contributed by atoms with van der Waals surface area (Å²) in [5, 5.41) is 7.27. The second kappa shape index (κ2) is 19.4. The number of methoxy groups -OCH3 is 2. The van der Waals surface area contributed by atoms with Gasteiger partial charge < -0.3 is 40.6 Å². The van der Waals surface area contributed by atoms with Gasteiger partial charge in [0.05, 0.1) is 58.6 Å². The van der Waals surface area contributed by atoms with Crippen molar-refractivity contribution in [3.05, 3.63) is 116 Å². The van der Waals surface area contributed by atoms with Gasteiger partial charge in [0.1, 0.15) is 48.0 Å². The van der Waals surface area contributed by atoms with Crippen LogP contribution >= 0.6 is 47.2 Å². The topological polar surface area (TPSA) is 167 Å². The van der Waals surface area contributed by atoms with Crippen molar-refractivity contribution in [1.82, 2.24) is 5.32 Å². The summed E-state index contributed by atoms with van der Waals surface area (Å²) < 4.78 is 73.4. The Morgan fingerprint density at radius 3 is 1.57 bits per heavy atom. The van der Waals surface area contributed by atoms with Crippen molar-refractivity contribution < 1.29 is 55.7 Å². The minimum atomic E-state index is -0.787. The highest BCUT2D eigenvalue weighted by Crippen LogP contribution is 2.39. The summed E-state index contributed by atoms with van der Waals surface area (Å²) >= 11 is 15.9. The lowest BCUT2D eigenvalue weighted by atomic mass is 10.0. The molecule has 0 aliphatic carbocycles. The molecule has 0 saturated carbocycles. The van der Waals surface area contributed by atoms with Gasteiger partial charge in [-0.25, -0.2) is 27.2 Å². The monoisotopic (exact) mass is 836 g/mol. The molecule has 5 N–H and O–H groups in total. The Hall–Kier alpha value is -5.00. The first-order chi connectivity index (χ1) is 25.1. The molecule has 2 unspecified atom stereocenters. The van der Waals surface area contributed by atoms with Gasteiger partial charge in [0.15, 0.2) is 0 Å². The first-order valence-electron chi connectivity index (χ1n) is 14.9. The Bertz CT molecular complexity index is 2060. The van der Waals surface area contributed by atoms with Crippen LogP contribution in [0.15, 0.2) is 60.7 Å². The molecule has 2 atom stereocenters. The average molecular weight is 838 g/mol. The molecule has 54 heavy (non-hydrogen) atoms. The van der Waals surface area contributed by atoms with E-state index in [0.29, 0.717) is 5.69 Å². The summed E-state index contributed by atoms with van der Waals surface area (Å²) in [5.41, 5.74) is 6.02. The average Bonchev–Trinajstić information content (AvgIpc) is 3.73. The largest absolute Gasteiger partial charge is 0.490 e. The standard InChI is InChI=1S/C17H13ClF2N2O4.C15H11ClF2N2O2.C2H3ClO2.ClH/c1-25-17(24)22-13-7-26-15-9(3-5-12(20)14(13)15)16(23)21-8-2-4-11(19)10(18)6-8;16-9-5-7(1-3-10(9)17)20-15(21)8-2-4-11(18)13-12(19)6-22-14(8)13;1-5-2(3)4;/h2-6,13H,7H2,1H3,(H,21,23)(H,22,24);1-5,12H,6,19H2,(H,20,21);1H3;1H. The molecule has 0 radical (unpaired) electrons. The Labute approximate surface area is 325 Å². The molecule has 0 fully saturated rings. The zero-order valence-corrected chi connectivity index (χ0v) is 30.8. The van der Waals surface area contributed by atoms with Crippen LogP contribution in [0.5, 0.6) is 11.5 Å². The molecule has 288 valence electrons. The number of benzene rings is 4. The number of rotatable bonds is 5. The molecule has 20 heteroatoms. The second-order valence-corrected chi connectivity index (χ2v) is 11.8. The summed E-state index contributed by atoms with van der Waals surface area (Å²) in [4.78, 5) is 45.5. The molecule has 0 saturated heterocycles. The molecule has 2 aliphatic heterocycles. The van der Waals surface area contributed by atoms with Gasteiger partial charge in [-0.15, -0.1) is 12.4 Å². The van der Waals surface area contributed by atoms with E-state index in [-0.39, 0.29) is 75.1 Å². The fourth-order valence-corrected chi connectivity index (χ4v) is 5.22. The first-order valence-corrected chi connectivity index (χ1v) is 16.0. The summed E-state index contributed by atoms with van der Waals surface area (Å²) in [6.07, 6.45) is -0.748. The van der Waals surface area contributed by atoms with Crippen molar-refractivity contribution in [2.24, 2.45) is 5.73 Å². The van der Waals surface area contributed by atoms with Gasteiger partial charge in [0.2, 0.25) is 0 Å². The predicted octanol–water partition coefficient (Wildman–Crippen LogP) is 8.34. The van der Waals surface area contributed by atoms with Crippen LogP contribution in [0.4, 0.5) is 38.5 Å². The van der Waals surface area contributed by atoms with Crippen molar-refractivity contribution in [2.75, 3.05) is 38.1 Å². The lowest BCUT2D eigenvalue weighted by Gasteiger charge is -2.12. The molecule has 2 heterocycles. The van der Waals surface area contributed by atoms with Gasteiger partial charge in [-0.05, 0) is 60.7 Å². The Kier molecular flexibility index (Phi) is 15.6. The van der Waals surface area contributed by atoms with Crippen LogP contribution in [0.25, 0.3) is 0 Å². The van der Waals surface area contributed by atoms with Crippen LogP contribution in [-0.4, -0.2) is 50.8 Å². The summed E-state index contributed by atoms with van der Waals surface area (Å²) in [6.45, 7) is 0.0624. The predicted molar refractivity (Wildman–Crippen MR) is 193 cm³/mol. The van der Waals surface area contributed by atoms with E-state index in [1.807, 2.05) is 0 Å². The Morgan fingerprint density at radius 2 is 1.13 bits per heavy atom. The summed E-state index contributed by atoms with van der Waals surface area (Å²) in [7, 11) is 2.40. The lowest BCUT2D eigenvalue weighted by molar-refractivity contribution is 0.101. The molecular formula is C34H28Cl4F4N4O8. The van der Waals surface area contributed by atoms with Gasteiger partial charge in [0.25, 0.3) is 11.8 Å². The number of amides is 3. The zero-order chi connectivity index (χ0) is 39.0. The van der Waals surface area contributed by atoms with Gasteiger partial charge in [0, 0.05) is 23.0 Å². The van der Waals surface area contributed by atoms with E-state index in [1.165, 1.54) is 56.7 Å². The number of hydrogen-bond donors (Lipinski definition) is 4. The van der Waals surface area contributed by atoms with Gasteiger partial charge >= 0.3 is 11.5 Å². The maximum atomic E-state index is 14.2. The number of hydrogen-bond acceptors (Lipinski definition) is 9. The minimum Gasteiger partial charge on any atom is -0.490 e. The summed E-state index contributed by atoms with van der Waals surface area (Å²) in [6, 6.07) is 10.9. The van der Waals surface area contributed by atoms with Crippen molar-refractivity contribution in [1.29, 1.82) is 0 Å². The van der Waals surface area contributed by atoms with E-state index >= 15 is 0 Å². The number of anilines is 2. The third-order valence-corrected chi connectivity index (χ3v) is 8.02. The van der Waals surface area contributed by atoms with Gasteiger partial charge in [-0.3, -0.25) is 9.59 Å². The molecule has 0 spiro atoms. The molecule has 6 rings (SSSR count). The van der Waals surface area contributed by atoms with Crippen molar-refractivity contribution in [3.63, 3.8) is 0 Å². The fraction of sp³-hybridized carbons (Fsp3) is 0.176. The highest BCUT2D eigenvalue weighted by atomic mass is 35.5. The molecule has 4 aromatic carbocycles. The van der Waals surface area contributed by atoms with Crippen LogP contribution in [-0.2, 0) is 9.47 Å². The number of alkyl carbamates (subject to hydrolysis) is 1. The van der Waals surface area contributed by atoms with Crippen LogP contribution in [0.1, 0.15) is 43.9 Å². The number of fused-ring (bicyclic) bond motifs is 2. The van der Waals surface area contributed by atoms with E-state index in [4.69, 9.17) is 38.4 Å². The highest BCUT2D eigenvalue weighted by molar-refractivity contribution is 6.61. The Balaban J connectivity index is 0.000000256. The molecule has 0 bridgehead atoms. The van der Waals surface area contributed by atoms with Crippen molar-refractivity contribution >= 4 is 81.9 Å². The van der Waals surface area contributed by atoms with Crippen LogP contribution in [0, 0.1) is 23.3 Å². The van der Waals surface area contributed by atoms with Crippen molar-refractivity contribution in [2.45, 2.75) is 12.1 Å². The second-order valence-electron chi connectivity index (χ2n) is 10.7. The SMILES string of the molecule is COC(=O)Cl.COC(=O)NC1COc2c(C(=O)Nc3ccc(F)c(Cl)c3)ccc(F)c21.Cl.NC1COc2c(C(=O)Nc3ccc(F)c(Cl)c3)ccc(F)c21. The summed E-state index contributed by atoms with van der Waals surface area (Å²) in [5.74, 6) is -3.29. The minimum absolute atomic E-state index is 0. The van der Waals surface area contributed by atoms with Crippen LogP contribution in [0.2, 0.25) is 10.0 Å². The van der Waals surface area contributed by atoms with Crippen molar-refractivity contribution in [3.8, 4) is 11.5 Å². The molecule has 0 aromatic heterocycles. The number of nitrogens with one attached hydrogen (secondary N) is 3. The Morgan fingerprint density at radius 1 is 0.704 bits per heavy atom. The molecule has 3 amide bonds. The molecule has 12 nitrogen and oxygen atoms in total. The van der Waals surface area contributed by atoms with E-state index in [2.05, 4.69) is 37.0 Å². The molecular weight excluding hydrogens is 810 g/mol. The number of nitrogens with two attached hydrogens (primary N) is 1. The normalized spacial score (nSPS) is 14.4. The maximum absolute atomic E-state index is 14.2. The number of carbonyl (C=O) groups is 4. The third kappa shape index (κ3) is 10.6. The smallest absolute Gasteiger partial charge is 0.407 e. The van der Waals surface area contributed by atoms with Crippen LogP contribution in [0.3, 0.4) is 0 Å². The van der Waals surface area contributed by atoms with E-state index < -0.39 is 58.7 Å². The highest BCUT2D eigenvalue weighted by Gasteiger charge is 2.33. The van der Waals surface area contributed by atoms with E-state index in [1.54, 1.807) is 0 Å². The number of ether oxygens (including phenoxy) is 4. The van der Waals surface area contributed by atoms with E-state index in [9.17, 15) is 36.7 Å². The molecule has 2 aliphatic rings. The quantitative estimate of drug-likeness (QED) is 0.114. The maximum Gasteiger partial charge on any atom is 0.407 e.